The average molecular weight is 252 g/mol. The fraction of sp³-hybridized carbons (Fsp3) is 0.600. The van der Waals surface area contributed by atoms with E-state index in [1.165, 1.54) is 0 Å². The van der Waals surface area contributed by atoms with Crippen molar-refractivity contribution in [3.05, 3.63) is 23.8 Å². The van der Waals surface area contributed by atoms with E-state index < -0.39 is 6.10 Å². The number of aryl methyl sites for hydroxylation is 1. The molecule has 0 amide bonds. The molecular formula is C15H24O3. The highest BCUT2D eigenvalue weighted by Gasteiger charge is 2.18. The molecule has 1 N–H and O–H groups in total. The SMILES string of the molecule is CCCCC(Oc1ccc(C)cc1OC)C(C)O. The van der Waals surface area contributed by atoms with Crippen molar-refractivity contribution in [3.63, 3.8) is 0 Å². The molecule has 18 heavy (non-hydrogen) atoms. The first-order valence-electron chi connectivity index (χ1n) is 6.57. The standard InChI is InChI=1S/C15H24O3/c1-5-6-7-13(12(3)16)18-14-9-8-11(2)10-15(14)17-4/h8-10,12-13,16H,5-7H2,1-4H3. The summed E-state index contributed by atoms with van der Waals surface area (Å²) in [7, 11) is 1.63. The van der Waals surface area contributed by atoms with E-state index in [1.54, 1.807) is 14.0 Å². The molecule has 2 atom stereocenters. The Balaban J connectivity index is 2.79. The quantitative estimate of drug-likeness (QED) is 0.809. The smallest absolute Gasteiger partial charge is 0.161 e. The zero-order valence-corrected chi connectivity index (χ0v) is 11.8. The van der Waals surface area contributed by atoms with E-state index in [2.05, 4.69) is 6.92 Å². The molecule has 3 heteroatoms. The Bertz CT molecular complexity index is 361. The summed E-state index contributed by atoms with van der Waals surface area (Å²) in [5, 5.41) is 9.75. The van der Waals surface area contributed by atoms with E-state index in [9.17, 15) is 5.11 Å². The van der Waals surface area contributed by atoms with Gasteiger partial charge in [0.25, 0.3) is 0 Å². The lowest BCUT2D eigenvalue weighted by Gasteiger charge is -2.23. The molecule has 0 aliphatic heterocycles. The van der Waals surface area contributed by atoms with Gasteiger partial charge in [0.1, 0.15) is 6.10 Å². The molecule has 0 saturated heterocycles. The maximum atomic E-state index is 9.75. The summed E-state index contributed by atoms with van der Waals surface area (Å²) >= 11 is 0. The molecule has 1 rings (SSSR count). The summed E-state index contributed by atoms with van der Waals surface area (Å²) in [5.41, 5.74) is 1.13. The number of hydrogen-bond acceptors (Lipinski definition) is 3. The summed E-state index contributed by atoms with van der Waals surface area (Å²) in [6.07, 6.45) is 2.33. The maximum Gasteiger partial charge on any atom is 0.161 e. The minimum atomic E-state index is -0.484. The highest BCUT2D eigenvalue weighted by atomic mass is 16.5. The van der Waals surface area contributed by atoms with Crippen LogP contribution in [0.25, 0.3) is 0 Å². The second-order valence-corrected chi connectivity index (χ2v) is 4.69. The molecule has 0 heterocycles. The molecule has 0 aromatic heterocycles. The molecule has 102 valence electrons. The minimum absolute atomic E-state index is 0.179. The van der Waals surface area contributed by atoms with Crippen molar-refractivity contribution >= 4 is 0 Å². The third-order valence-electron chi connectivity index (χ3n) is 2.98. The van der Waals surface area contributed by atoms with Crippen LogP contribution in [0.3, 0.4) is 0 Å². The zero-order valence-electron chi connectivity index (χ0n) is 11.8. The lowest BCUT2D eigenvalue weighted by Crippen LogP contribution is -2.29. The first kappa shape index (κ1) is 14.8. The van der Waals surface area contributed by atoms with Crippen LogP contribution in [0, 0.1) is 6.92 Å². The van der Waals surface area contributed by atoms with Crippen molar-refractivity contribution in [2.45, 2.75) is 52.2 Å². The highest BCUT2D eigenvalue weighted by molar-refractivity contribution is 5.42. The van der Waals surface area contributed by atoms with Crippen molar-refractivity contribution in [2.75, 3.05) is 7.11 Å². The number of rotatable bonds is 7. The van der Waals surface area contributed by atoms with Gasteiger partial charge in [0, 0.05) is 0 Å². The molecule has 0 saturated carbocycles. The van der Waals surface area contributed by atoms with Crippen LogP contribution >= 0.6 is 0 Å². The Hall–Kier alpha value is -1.22. The molecule has 2 unspecified atom stereocenters. The fourth-order valence-electron chi connectivity index (χ4n) is 1.84. The summed E-state index contributed by atoms with van der Waals surface area (Å²) in [4.78, 5) is 0. The predicted molar refractivity (Wildman–Crippen MR) is 73.4 cm³/mol. The maximum absolute atomic E-state index is 9.75. The van der Waals surface area contributed by atoms with Crippen molar-refractivity contribution in [1.82, 2.24) is 0 Å². The van der Waals surface area contributed by atoms with E-state index in [0.717, 1.165) is 30.6 Å². The Morgan fingerprint density at radius 2 is 2.00 bits per heavy atom. The van der Waals surface area contributed by atoms with Crippen LogP contribution in [0.15, 0.2) is 18.2 Å². The third-order valence-corrected chi connectivity index (χ3v) is 2.98. The van der Waals surface area contributed by atoms with Gasteiger partial charge in [-0.15, -0.1) is 0 Å². The number of aliphatic hydroxyl groups excluding tert-OH is 1. The summed E-state index contributed by atoms with van der Waals surface area (Å²) in [6, 6.07) is 5.82. The van der Waals surface area contributed by atoms with Gasteiger partial charge in [-0.25, -0.2) is 0 Å². The second-order valence-electron chi connectivity index (χ2n) is 4.69. The molecule has 1 aromatic rings. The van der Waals surface area contributed by atoms with Gasteiger partial charge in [-0.1, -0.05) is 19.4 Å². The molecular weight excluding hydrogens is 228 g/mol. The Morgan fingerprint density at radius 1 is 1.28 bits per heavy atom. The Kier molecular flexibility index (Phi) is 5.99. The van der Waals surface area contributed by atoms with E-state index >= 15 is 0 Å². The van der Waals surface area contributed by atoms with Gasteiger partial charge in [0.05, 0.1) is 13.2 Å². The topological polar surface area (TPSA) is 38.7 Å². The largest absolute Gasteiger partial charge is 0.493 e. The van der Waals surface area contributed by atoms with Crippen molar-refractivity contribution in [1.29, 1.82) is 0 Å². The van der Waals surface area contributed by atoms with Crippen LogP contribution in [-0.2, 0) is 0 Å². The summed E-state index contributed by atoms with van der Waals surface area (Å²) in [6.45, 7) is 5.90. The highest BCUT2D eigenvalue weighted by Crippen LogP contribution is 2.29. The molecule has 3 nitrogen and oxygen atoms in total. The summed E-state index contributed by atoms with van der Waals surface area (Å²) < 4.78 is 11.2. The number of aliphatic hydroxyl groups is 1. The second kappa shape index (κ2) is 7.27. The van der Waals surface area contributed by atoms with Crippen LogP contribution in [0.4, 0.5) is 0 Å². The number of methoxy groups -OCH3 is 1. The third kappa shape index (κ3) is 4.22. The molecule has 0 spiro atoms. The molecule has 0 radical (unpaired) electrons. The van der Waals surface area contributed by atoms with Crippen LogP contribution in [0.5, 0.6) is 11.5 Å². The minimum Gasteiger partial charge on any atom is -0.493 e. The van der Waals surface area contributed by atoms with Crippen molar-refractivity contribution in [2.24, 2.45) is 0 Å². The van der Waals surface area contributed by atoms with E-state index in [4.69, 9.17) is 9.47 Å². The number of ether oxygens (including phenoxy) is 2. The molecule has 0 aliphatic carbocycles. The first-order valence-corrected chi connectivity index (χ1v) is 6.57. The van der Waals surface area contributed by atoms with E-state index in [1.807, 2.05) is 25.1 Å². The lowest BCUT2D eigenvalue weighted by molar-refractivity contribution is 0.0404. The predicted octanol–water partition coefficient (Wildman–Crippen LogP) is 3.32. The van der Waals surface area contributed by atoms with Gasteiger partial charge in [0.2, 0.25) is 0 Å². The van der Waals surface area contributed by atoms with Crippen LogP contribution < -0.4 is 9.47 Å². The Labute approximate surface area is 110 Å². The van der Waals surface area contributed by atoms with Crippen LogP contribution in [0.2, 0.25) is 0 Å². The van der Waals surface area contributed by atoms with Gasteiger partial charge >= 0.3 is 0 Å². The molecule has 0 bridgehead atoms. The van der Waals surface area contributed by atoms with Crippen LogP contribution in [0.1, 0.15) is 38.7 Å². The normalized spacial score (nSPS) is 14.1. The van der Waals surface area contributed by atoms with Crippen molar-refractivity contribution in [3.8, 4) is 11.5 Å². The lowest BCUT2D eigenvalue weighted by atomic mass is 10.1. The zero-order chi connectivity index (χ0) is 13.5. The van der Waals surface area contributed by atoms with Crippen LogP contribution in [-0.4, -0.2) is 24.4 Å². The van der Waals surface area contributed by atoms with Crippen molar-refractivity contribution < 1.29 is 14.6 Å². The summed E-state index contributed by atoms with van der Waals surface area (Å²) in [5.74, 6) is 1.42. The monoisotopic (exact) mass is 252 g/mol. The van der Waals surface area contributed by atoms with Gasteiger partial charge < -0.3 is 14.6 Å². The number of benzene rings is 1. The first-order chi connectivity index (χ1) is 8.58. The number of hydrogen-bond donors (Lipinski definition) is 1. The number of unbranched alkanes of at least 4 members (excludes halogenated alkanes) is 1. The van der Waals surface area contributed by atoms with Gasteiger partial charge in [-0.2, -0.15) is 0 Å². The van der Waals surface area contributed by atoms with Gasteiger partial charge in [-0.05, 0) is 44.4 Å². The molecule has 0 fully saturated rings. The molecule has 0 aliphatic rings. The van der Waals surface area contributed by atoms with Gasteiger partial charge in [-0.3, -0.25) is 0 Å². The van der Waals surface area contributed by atoms with E-state index in [-0.39, 0.29) is 6.10 Å². The van der Waals surface area contributed by atoms with Gasteiger partial charge in [0.15, 0.2) is 11.5 Å². The van der Waals surface area contributed by atoms with E-state index in [0.29, 0.717) is 5.75 Å². The fourth-order valence-corrected chi connectivity index (χ4v) is 1.84. The Morgan fingerprint density at radius 3 is 2.56 bits per heavy atom. The molecule has 1 aromatic carbocycles. The average Bonchev–Trinajstić information content (AvgIpc) is 2.35.